The molecule has 1 aliphatic rings. The summed E-state index contributed by atoms with van der Waals surface area (Å²) in [4.78, 5) is 2.43. The SMILES string of the molecule is N#CC(CNCCCN1CCOCC1)c1ccccc1. The van der Waals surface area contributed by atoms with E-state index < -0.39 is 0 Å². The van der Waals surface area contributed by atoms with Gasteiger partial charge < -0.3 is 10.1 Å². The molecule has 4 nitrogen and oxygen atoms in total. The number of benzene rings is 1. The highest BCUT2D eigenvalue weighted by molar-refractivity contribution is 5.24. The molecule has 0 aromatic heterocycles. The second kappa shape index (κ2) is 8.70. The fraction of sp³-hybridized carbons (Fsp3) is 0.562. The summed E-state index contributed by atoms with van der Waals surface area (Å²) < 4.78 is 5.33. The molecule has 1 aromatic carbocycles. The zero-order chi connectivity index (χ0) is 14.0. The summed E-state index contributed by atoms with van der Waals surface area (Å²) >= 11 is 0. The highest BCUT2D eigenvalue weighted by Crippen LogP contribution is 2.12. The van der Waals surface area contributed by atoms with Crippen LogP contribution in [-0.4, -0.2) is 50.8 Å². The van der Waals surface area contributed by atoms with Crippen LogP contribution in [0.15, 0.2) is 30.3 Å². The van der Waals surface area contributed by atoms with Crippen LogP contribution < -0.4 is 5.32 Å². The first-order valence-electron chi connectivity index (χ1n) is 7.35. The molecule has 1 aliphatic heterocycles. The Labute approximate surface area is 121 Å². The Balaban J connectivity index is 1.61. The molecule has 1 heterocycles. The van der Waals surface area contributed by atoms with Crippen LogP contribution in [0.5, 0.6) is 0 Å². The largest absolute Gasteiger partial charge is 0.379 e. The normalized spacial score (nSPS) is 17.6. The van der Waals surface area contributed by atoms with E-state index in [0.29, 0.717) is 0 Å². The molecule has 0 amide bonds. The van der Waals surface area contributed by atoms with Crippen LogP contribution in [0.3, 0.4) is 0 Å². The monoisotopic (exact) mass is 273 g/mol. The minimum absolute atomic E-state index is 0.0559. The Hall–Kier alpha value is -1.41. The Morgan fingerprint density at radius 1 is 1.25 bits per heavy atom. The van der Waals surface area contributed by atoms with Crippen LogP contribution in [0.2, 0.25) is 0 Å². The van der Waals surface area contributed by atoms with E-state index in [4.69, 9.17) is 4.74 Å². The molecule has 1 aromatic rings. The summed E-state index contributed by atoms with van der Waals surface area (Å²) in [5.74, 6) is -0.0559. The predicted octanol–water partition coefficient (Wildman–Crippen LogP) is 1.61. The van der Waals surface area contributed by atoms with E-state index >= 15 is 0 Å². The lowest BCUT2D eigenvalue weighted by molar-refractivity contribution is 0.0374. The van der Waals surface area contributed by atoms with Crippen LogP contribution >= 0.6 is 0 Å². The van der Waals surface area contributed by atoms with Crippen LogP contribution in [-0.2, 0) is 4.74 Å². The molecule has 0 bridgehead atoms. The van der Waals surface area contributed by atoms with Crippen LogP contribution in [0.1, 0.15) is 17.9 Å². The standard InChI is InChI=1S/C16H23N3O/c17-13-16(15-5-2-1-3-6-15)14-18-7-4-8-19-9-11-20-12-10-19/h1-3,5-6,16,18H,4,7-12,14H2. The number of nitrogens with one attached hydrogen (secondary N) is 1. The van der Waals surface area contributed by atoms with Gasteiger partial charge in [0.25, 0.3) is 0 Å². The van der Waals surface area contributed by atoms with Crippen LogP contribution in [0.25, 0.3) is 0 Å². The van der Waals surface area contributed by atoms with Crippen molar-refractivity contribution in [1.29, 1.82) is 5.26 Å². The summed E-state index contributed by atoms with van der Waals surface area (Å²) in [6.07, 6.45) is 1.12. The summed E-state index contributed by atoms with van der Waals surface area (Å²) in [6, 6.07) is 12.4. The van der Waals surface area contributed by atoms with Crippen molar-refractivity contribution in [2.24, 2.45) is 0 Å². The van der Waals surface area contributed by atoms with Gasteiger partial charge in [0.2, 0.25) is 0 Å². The number of ether oxygens (including phenoxy) is 1. The minimum atomic E-state index is -0.0559. The van der Waals surface area contributed by atoms with Crippen LogP contribution in [0, 0.1) is 11.3 Å². The molecular formula is C16H23N3O. The maximum absolute atomic E-state index is 9.23. The van der Waals surface area contributed by atoms with Gasteiger partial charge in [0, 0.05) is 19.6 Å². The molecule has 0 radical (unpaired) electrons. The highest BCUT2D eigenvalue weighted by Gasteiger charge is 2.11. The fourth-order valence-corrected chi connectivity index (χ4v) is 2.42. The third kappa shape index (κ3) is 4.93. The second-order valence-electron chi connectivity index (χ2n) is 5.10. The van der Waals surface area contributed by atoms with Gasteiger partial charge in [-0.05, 0) is 25.1 Å². The number of nitrogens with zero attached hydrogens (tertiary/aromatic N) is 2. The summed E-state index contributed by atoms with van der Waals surface area (Å²) in [5, 5.41) is 12.6. The number of morpholine rings is 1. The van der Waals surface area contributed by atoms with E-state index in [9.17, 15) is 5.26 Å². The lowest BCUT2D eigenvalue weighted by atomic mass is 10.0. The van der Waals surface area contributed by atoms with Crippen molar-refractivity contribution in [3.8, 4) is 6.07 Å². The van der Waals surface area contributed by atoms with Crippen molar-refractivity contribution >= 4 is 0 Å². The predicted molar refractivity (Wildman–Crippen MR) is 79.5 cm³/mol. The third-order valence-corrected chi connectivity index (χ3v) is 3.64. The molecule has 1 atom stereocenters. The number of hydrogen-bond acceptors (Lipinski definition) is 4. The Morgan fingerprint density at radius 3 is 2.70 bits per heavy atom. The molecule has 1 fully saturated rings. The molecule has 1 saturated heterocycles. The van der Waals surface area contributed by atoms with Gasteiger partial charge >= 0.3 is 0 Å². The van der Waals surface area contributed by atoms with Gasteiger partial charge in [0.05, 0.1) is 25.2 Å². The highest BCUT2D eigenvalue weighted by atomic mass is 16.5. The Kier molecular flexibility index (Phi) is 6.52. The average Bonchev–Trinajstić information content (AvgIpc) is 2.53. The van der Waals surface area contributed by atoms with Gasteiger partial charge in [-0.1, -0.05) is 30.3 Å². The summed E-state index contributed by atoms with van der Waals surface area (Å²) in [5.41, 5.74) is 1.09. The van der Waals surface area contributed by atoms with E-state index in [1.807, 2.05) is 30.3 Å². The Bertz CT molecular complexity index is 409. The first-order valence-corrected chi connectivity index (χ1v) is 7.35. The van der Waals surface area contributed by atoms with Gasteiger partial charge in [-0.15, -0.1) is 0 Å². The van der Waals surface area contributed by atoms with Crippen LogP contribution in [0.4, 0.5) is 0 Å². The molecular weight excluding hydrogens is 250 g/mol. The average molecular weight is 273 g/mol. The van der Waals surface area contributed by atoms with Gasteiger partial charge in [-0.2, -0.15) is 5.26 Å². The lowest BCUT2D eigenvalue weighted by Gasteiger charge is -2.26. The van der Waals surface area contributed by atoms with E-state index in [1.165, 1.54) is 0 Å². The number of rotatable bonds is 7. The zero-order valence-corrected chi connectivity index (χ0v) is 11.9. The minimum Gasteiger partial charge on any atom is -0.379 e. The summed E-state index contributed by atoms with van der Waals surface area (Å²) in [6.45, 7) is 6.61. The van der Waals surface area contributed by atoms with Crippen molar-refractivity contribution in [1.82, 2.24) is 10.2 Å². The van der Waals surface area contributed by atoms with Gasteiger partial charge in [-0.25, -0.2) is 0 Å². The molecule has 0 aliphatic carbocycles. The molecule has 0 spiro atoms. The zero-order valence-electron chi connectivity index (χ0n) is 11.9. The van der Waals surface area contributed by atoms with Gasteiger partial charge in [0.1, 0.15) is 0 Å². The van der Waals surface area contributed by atoms with E-state index in [-0.39, 0.29) is 5.92 Å². The lowest BCUT2D eigenvalue weighted by Crippen LogP contribution is -2.37. The Morgan fingerprint density at radius 2 is 2.00 bits per heavy atom. The molecule has 1 unspecified atom stereocenters. The quantitative estimate of drug-likeness (QED) is 0.767. The first kappa shape index (κ1) is 15.0. The van der Waals surface area contributed by atoms with Crippen molar-refractivity contribution < 1.29 is 4.74 Å². The summed E-state index contributed by atoms with van der Waals surface area (Å²) in [7, 11) is 0. The van der Waals surface area contributed by atoms with E-state index in [2.05, 4.69) is 16.3 Å². The second-order valence-corrected chi connectivity index (χ2v) is 5.10. The van der Waals surface area contributed by atoms with Gasteiger partial charge in [-0.3, -0.25) is 4.90 Å². The van der Waals surface area contributed by atoms with Crippen molar-refractivity contribution in [3.63, 3.8) is 0 Å². The number of hydrogen-bond donors (Lipinski definition) is 1. The van der Waals surface area contributed by atoms with Crippen molar-refractivity contribution in [2.45, 2.75) is 12.3 Å². The van der Waals surface area contributed by atoms with Gasteiger partial charge in [0.15, 0.2) is 0 Å². The smallest absolute Gasteiger partial charge is 0.0837 e. The molecule has 108 valence electrons. The molecule has 4 heteroatoms. The van der Waals surface area contributed by atoms with Crippen molar-refractivity contribution in [2.75, 3.05) is 45.9 Å². The fourth-order valence-electron chi connectivity index (χ4n) is 2.42. The molecule has 2 rings (SSSR count). The first-order chi connectivity index (χ1) is 9.90. The van der Waals surface area contributed by atoms with E-state index in [0.717, 1.165) is 57.9 Å². The molecule has 0 saturated carbocycles. The van der Waals surface area contributed by atoms with E-state index in [1.54, 1.807) is 0 Å². The number of nitriles is 1. The third-order valence-electron chi connectivity index (χ3n) is 3.64. The topological polar surface area (TPSA) is 48.3 Å². The van der Waals surface area contributed by atoms with Crippen molar-refractivity contribution in [3.05, 3.63) is 35.9 Å². The maximum Gasteiger partial charge on any atom is 0.0837 e. The maximum atomic E-state index is 9.23. The molecule has 20 heavy (non-hydrogen) atoms. The molecule has 1 N–H and O–H groups in total.